The van der Waals surface area contributed by atoms with Gasteiger partial charge in [0.05, 0.1) is 24.1 Å². The third kappa shape index (κ3) is 3.65. The first-order valence-corrected chi connectivity index (χ1v) is 8.82. The van der Waals surface area contributed by atoms with Crippen LogP contribution in [0.2, 0.25) is 0 Å². The van der Waals surface area contributed by atoms with Crippen molar-refractivity contribution in [1.29, 1.82) is 0 Å². The Balaban J connectivity index is 1.68. The second kappa shape index (κ2) is 7.82. The molecular formula is C18H18N8O2. The molecule has 28 heavy (non-hydrogen) atoms. The zero-order valence-corrected chi connectivity index (χ0v) is 15.2. The molecule has 3 aromatic heterocycles. The highest BCUT2D eigenvalue weighted by Crippen LogP contribution is 2.17. The van der Waals surface area contributed by atoms with Gasteiger partial charge in [0.25, 0.3) is 5.95 Å². The number of hydrogen-bond donors (Lipinski definition) is 1. The quantitative estimate of drug-likeness (QED) is 0.484. The van der Waals surface area contributed by atoms with Crippen molar-refractivity contribution in [2.24, 2.45) is 0 Å². The number of ether oxygens (including phenoxy) is 1. The first-order valence-electron chi connectivity index (χ1n) is 8.82. The molecule has 142 valence electrons. The number of para-hydroxylation sites is 2. The van der Waals surface area contributed by atoms with Gasteiger partial charge in [0.15, 0.2) is 0 Å². The fourth-order valence-corrected chi connectivity index (χ4v) is 2.66. The summed E-state index contributed by atoms with van der Waals surface area (Å²) in [6, 6.07) is 9.48. The minimum Gasteiger partial charge on any atom is -0.466 e. The summed E-state index contributed by atoms with van der Waals surface area (Å²) < 4.78 is 8.26. The Hall–Kier alpha value is -3.82. The van der Waals surface area contributed by atoms with Gasteiger partial charge in [0, 0.05) is 18.9 Å². The zero-order chi connectivity index (χ0) is 19.3. The van der Waals surface area contributed by atoms with E-state index in [0.29, 0.717) is 31.0 Å². The summed E-state index contributed by atoms with van der Waals surface area (Å²) in [5.41, 5.74) is 1.71. The van der Waals surface area contributed by atoms with Crippen LogP contribution in [0.15, 0.2) is 49.1 Å². The van der Waals surface area contributed by atoms with E-state index in [2.05, 4.69) is 30.4 Å². The van der Waals surface area contributed by atoms with Crippen LogP contribution in [0.5, 0.6) is 0 Å². The number of nitrogens with zero attached hydrogens (tertiary/aromatic N) is 7. The number of imidazole rings is 1. The van der Waals surface area contributed by atoms with E-state index < -0.39 is 0 Å². The van der Waals surface area contributed by atoms with Crippen LogP contribution in [0.3, 0.4) is 0 Å². The van der Waals surface area contributed by atoms with E-state index in [1.807, 2.05) is 24.3 Å². The van der Waals surface area contributed by atoms with Crippen LogP contribution in [0.25, 0.3) is 22.9 Å². The van der Waals surface area contributed by atoms with E-state index in [1.54, 1.807) is 41.0 Å². The Labute approximate surface area is 160 Å². The molecule has 0 atom stereocenters. The molecule has 4 rings (SSSR count). The lowest BCUT2D eigenvalue weighted by molar-refractivity contribution is -0.142. The number of hydrogen-bond acceptors (Lipinski definition) is 8. The normalized spacial score (nSPS) is 10.9. The molecule has 3 heterocycles. The van der Waals surface area contributed by atoms with E-state index in [-0.39, 0.29) is 12.4 Å². The van der Waals surface area contributed by atoms with Crippen molar-refractivity contribution >= 4 is 23.0 Å². The number of anilines is 1. The molecule has 0 spiro atoms. The SMILES string of the molecule is CCOC(=O)CCNc1nc(-n2cccn2)nc(-n2cnc3ccccc32)n1. The van der Waals surface area contributed by atoms with Gasteiger partial charge in [-0.2, -0.15) is 20.1 Å². The summed E-state index contributed by atoms with van der Waals surface area (Å²) in [4.78, 5) is 29.3. The molecule has 0 amide bonds. The minimum atomic E-state index is -0.280. The first kappa shape index (κ1) is 17.6. The molecule has 0 saturated carbocycles. The van der Waals surface area contributed by atoms with Crippen LogP contribution < -0.4 is 5.32 Å². The van der Waals surface area contributed by atoms with Crippen LogP contribution in [0, 0.1) is 0 Å². The molecule has 0 fully saturated rings. The van der Waals surface area contributed by atoms with E-state index in [9.17, 15) is 4.79 Å². The van der Waals surface area contributed by atoms with Gasteiger partial charge in [0.2, 0.25) is 11.9 Å². The summed E-state index contributed by atoms with van der Waals surface area (Å²) in [6.07, 6.45) is 5.26. The topological polar surface area (TPSA) is 113 Å². The van der Waals surface area contributed by atoms with E-state index >= 15 is 0 Å². The van der Waals surface area contributed by atoms with Gasteiger partial charge in [-0.05, 0) is 25.1 Å². The highest BCUT2D eigenvalue weighted by atomic mass is 16.5. The molecule has 0 saturated heterocycles. The van der Waals surface area contributed by atoms with Crippen molar-refractivity contribution in [3.05, 3.63) is 49.1 Å². The Morgan fingerprint density at radius 3 is 2.82 bits per heavy atom. The second-order valence-corrected chi connectivity index (χ2v) is 5.79. The van der Waals surface area contributed by atoms with Crippen LogP contribution in [0.4, 0.5) is 5.95 Å². The summed E-state index contributed by atoms with van der Waals surface area (Å²) in [7, 11) is 0. The molecule has 0 bridgehead atoms. The lowest BCUT2D eigenvalue weighted by Crippen LogP contribution is -2.16. The smallest absolute Gasteiger partial charge is 0.307 e. The molecule has 1 aromatic carbocycles. The van der Waals surface area contributed by atoms with Gasteiger partial charge in [-0.3, -0.25) is 9.36 Å². The molecule has 0 aliphatic carbocycles. The Bertz CT molecular complexity index is 1090. The number of carbonyl (C=O) groups excluding carboxylic acids is 1. The highest BCUT2D eigenvalue weighted by Gasteiger charge is 2.13. The van der Waals surface area contributed by atoms with Crippen molar-refractivity contribution in [2.45, 2.75) is 13.3 Å². The van der Waals surface area contributed by atoms with Gasteiger partial charge in [-0.25, -0.2) is 9.67 Å². The molecule has 4 aromatic rings. The van der Waals surface area contributed by atoms with Crippen molar-refractivity contribution in [1.82, 2.24) is 34.3 Å². The van der Waals surface area contributed by atoms with E-state index in [4.69, 9.17) is 4.74 Å². The van der Waals surface area contributed by atoms with Crippen LogP contribution >= 0.6 is 0 Å². The lowest BCUT2D eigenvalue weighted by atomic mass is 10.3. The molecule has 10 heteroatoms. The van der Waals surface area contributed by atoms with Crippen LogP contribution in [-0.2, 0) is 9.53 Å². The predicted octanol–water partition coefficient (Wildman–Crippen LogP) is 1.76. The molecule has 0 radical (unpaired) electrons. The van der Waals surface area contributed by atoms with Gasteiger partial charge >= 0.3 is 5.97 Å². The molecule has 0 aliphatic rings. The minimum absolute atomic E-state index is 0.208. The largest absolute Gasteiger partial charge is 0.466 e. The molecule has 1 N–H and O–H groups in total. The second-order valence-electron chi connectivity index (χ2n) is 5.79. The summed E-state index contributed by atoms with van der Waals surface area (Å²) in [5, 5.41) is 7.23. The zero-order valence-electron chi connectivity index (χ0n) is 15.2. The van der Waals surface area contributed by atoms with E-state index in [1.165, 1.54) is 0 Å². The number of nitrogens with one attached hydrogen (secondary N) is 1. The monoisotopic (exact) mass is 378 g/mol. The van der Waals surface area contributed by atoms with Crippen molar-refractivity contribution in [3.63, 3.8) is 0 Å². The highest BCUT2D eigenvalue weighted by molar-refractivity contribution is 5.76. The maximum atomic E-state index is 11.5. The fourth-order valence-electron chi connectivity index (χ4n) is 2.66. The summed E-state index contributed by atoms with van der Waals surface area (Å²) >= 11 is 0. The van der Waals surface area contributed by atoms with Crippen LogP contribution in [0.1, 0.15) is 13.3 Å². The van der Waals surface area contributed by atoms with Crippen molar-refractivity contribution < 1.29 is 9.53 Å². The standard InChI is InChI=1S/C18H18N8O2/c1-2-28-15(27)8-10-19-16-22-17(24-18(23-16)26-11-5-9-21-26)25-12-20-13-6-3-4-7-14(13)25/h3-7,9,11-12H,2,8,10H2,1H3,(H,19,22,23,24). The molecule has 0 aliphatic heterocycles. The lowest BCUT2D eigenvalue weighted by Gasteiger charge is -2.09. The third-order valence-corrected chi connectivity index (χ3v) is 3.91. The maximum absolute atomic E-state index is 11.5. The maximum Gasteiger partial charge on any atom is 0.307 e. The Kier molecular flexibility index (Phi) is 4.91. The van der Waals surface area contributed by atoms with Gasteiger partial charge in [-0.1, -0.05) is 12.1 Å². The first-order chi connectivity index (χ1) is 13.7. The number of fused-ring (bicyclic) bond motifs is 1. The van der Waals surface area contributed by atoms with Crippen LogP contribution in [-0.4, -0.2) is 53.4 Å². The molecule has 0 unspecified atom stereocenters. The Morgan fingerprint density at radius 2 is 2.00 bits per heavy atom. The van der Waals surface area contributed by atoms with Gasteiger partial charge in [0.1, 0.15) is 6.33 Å². The molecular weight excluding hydrogens is 360 g/mol. The number of aromatic nitrogens is 7. The molecule has 10 nitrogen and oxygen atoms in total. The number of benzene rings is 1. The third-order valence-electron chi connectivity index (χ3n) is 3.91. The average Bonchev–Trinajstić information content (AvgIpc) is 3.38. The van der Waals surface area contributed by atoms with E-state index in [0.717, 1.165) is 11.0 Å². The van der Waals surface area contributed by atoms with Gasteiger partial charge in [-0.15, -0.1) is 0 Å². The predicted molar refractivity (Wildman–Crippen MR) is 101 cm³/mol. The summed E-state index contributed by atoms with van der Waals surface area (Å²) in [5.74, 6) is 0.800. The van der Waals surface area contributed by atoms with Crippen molar-refractivity contribution in [3.8, 4) is 11.9 Å². The Morgan fingerprint density at radius 1 is 1.14 bits per heavy atom. The number of esters is 1. The number of rotatable bonds is 7. The average molecular weight is 378 g/mol. The fraction of sp³-hybridized carbons (Fsp3) is 0.222. The number of carbonyl (C=O) groups is 1. The van der Waals surface area contributed by atoms with Gasteiger partial charge < -0.3 is 10.1 Å². The van der Waals surface area contributed by atoms with Crippen molar-refractivity contribution in [2.75, 3.05) is 18.5 Å². The summed E-state index contributed by atoms with van der Waals surface area (Å²) in [6.45, 7) is 2.47.